The Balaban J connectivity index is 1.85. The van der Waals surface area contributed by atoms with Crippen molar-refractivity contribution in [3.05, 3.63) is 74.8 Å². The smallest absolute Gasteiger partial charge is 0.333 e. The Morgan fingerprint density at radius 2 is 2.03 bits per heavy atom. The molecule has 10 heteroatoms. The minimum absolute atomic E-state index is 0.00854. The SMILES string of the molecule is CCn1cc(-c2ccccc2C2CN(C(=O)/C=C/CN(C)C)Cc3sc(C#N)c(C)c32)c(C(F)(F)F)n1. The molecule has 1 unspecified atom stereocenters. The van der Waals surface area contributed by atoms with Gasteiger partial charge in [0.05, 0.1) is 6.54 Å². The second-order valence-corrected chi connectivity index (χ2v) is 10.4. The van der Waals surface area contributed by atoms with E-state index in [2.05, 4.69) is 11.2 Å². The molecule has 0 saturated heterocycles. The number of thiophene rings is 1. The van der Waals surface area contributed by atoms with Crippen LogP contribution in [0.1, 0.15) is 45.0 Å². The molecule has 0 N–H and O–H groups in total. The molecule has 1 amide bonds. The highest BCUT2D eigenvalue weighted by molar-refractivity contribution is 7.12. The molecule has 0 aliphatic carbocycles. The number of aromatic nitrogens is 2. The van der Waals surface area contributed by atoms with Crippen molar-refractivity contribution in [3.63, 3.8) is 0 Å². The fourth-order valence-corrected chi connectivity index (χ4v) is 5.92. The highest BCUT2D eigenvalue weighted by Crippen LogP contribution is 2.45. The fraction of sp³-hybridized carbons (Fsp3) is 0.370. The number of aryl methyl sites for hydroxylation is 1. The van der Waals surface area contributed by atoms with Crippen LogP contribution >= 0.6 is 11.3 Å². The van der Waals surface area contributed by atoms with Crippen LogP contribution in [0.4, 0.5) is 13.2 Å². The molecule has 2 aromatic heterocycles. The Morgan fingerprint density at radius 3 is 2.68 bits per heavy atom. The first-order valence-electron chi connectivity index (χ1n) is 11.9. The molecule has 0 spiro atoms. The van der Waals surface area contributed by atoms with Gasteiger partial charge in [-0.3, -0.25) is 9.48 Å². The minimum Gasteiger partial charge on any atom is -0.333 e. The second-order valence-electron chi connectivity index (χ2n) is 9.27. The third kappa shape index (κ3) is 5.33. The average Bonchev–Trinajstić information content (AvgIpc) is 3.44. The van der Waals surface area contributed by atoms with Crippen LogP contribution < -0.4 is 0 Å². The number of carbonyl (C=O) groups is 1. The standard InChI is InChI=1S/C27H28F3N5OS/c1-5-35-15-21(26(32-35)27(28,29)30)19-10-7-6-9-18(19)20-14-34(24(36)11-8-12-33(3)4)16-23-25(20)17(2)22(13-31)37-23/h6-11,15,20H,5,12,14,16H2,1-4H3/b11-8+. The first-order valence-corrected chi connectivity index (χ1v) is 12.7. The molecule has 3 heterocycles. The molecule has 1 aromatic carbocycles. The molecule has 194 valence electrons. The summed E-state index contributed by atoms with van der Waals surface area (Å²) in [5.41, 5.74) is 1.91. The lowest BCUT2D eigenvalue weighted by molar-refractivity contribution is -0.141. The van der Waals surface area contributed by atoms with Gasteiger partial charge < -0.3 is 9.80 Å². The van der Waals surface area contributed by atoms with E-state index in [1.54, 1.807) is 36.1 Å². The summed E-state index contributed by atoms with van der Waals surface area (Å²) in [5.74, 6) is -0.565. The number of fused-ring (bicyclic) bond motifs is 1. The van der Waals surface area contributed by atoms with Gasteiger partial charge in [0.15, 0.2) is 5.69 Å². The van der Waals surface area contributed by atoms with Gasteiger partial charge in [0.1, 0.15) is 10.9 Å². The first-order chi connectivity index (χ1) is 17.5. The maximum absolute atomic E-state index is 14.0. The van der Waals surface area contributed by atoms with E-state index in [9.17, 15) is 23.2 Å². The van der Waals surface area contributed by atoms with Crippen LogP contribution in [0.2, 0.25) is 0 Å². The van der Waals surface area contributed by atoms with Gasteiger partial charge in [0, 0.05) is 48.3 Å². The Hall–Kier alpha value is -3.42. The highest BCUT2D eigenvalue weighted by atomic mass is 32.1. The number of alkyl halides is 3. The van der Waals surface area contributed by atoms with E-state index >= 15 is 0 Å². The topological polar surface area (TPSA) is 65.2 Å². The Kier molecular flexibility index (Phi) is 7.57. The minimum atomic E-state index is -4.62. The van der Waals surface area contributed by atoms with E-state index in [-0.39, 0.29) is 11.5 Å². The summed E-state index contributed by atoms with van der Waals surface area (Å²) >= 11 is 1.34. The van der Waals surface area contributed by atoms with Gasteiger partial charge in [-0.05, 0) is 50.2 Å². The molecule has 1 aliphatic rings. The second kappa shape index (κ2) is 10.5. The van der Waals surface area contributed by atoms with Crippen molar-refractivity contribution in [2.45, 2.75) is 39.0 Å². The summed E-state index contributed by atoms with van der Waals surface area (Å²) in [5, 5.41) is 13.5. The van der Waals surface area contributed by atoms with Gasteiger partial charge in [-0.1, -0.05) is 30.3 Å². The monoisotopic (exact) mass is 527 g/mol. The number of nitrogens with zero attached hydrogens (tertiary/aromatic N) is 5. The normalized spacial score (nSPS) is 15.9. The number of nitriles is 1. The fourth-order valence-electron chi connectivity index (χ4n) is 4.74. The lowest BCUT2D eigenvalue weighted by Crippen LogP contribution is -2.37. The molecule has 37 heavy (non-hydrogen) atoms. The predicted octanol–water partition coefficient (Wildman–Crippen LogP) is 5.42. The van der Waals surface area contributed by atoms with Crippen LogP contribution in [0.25, 0.3) is 11.1 Å². The third-order valence-electron chi connectivity index (χ3n) is 6.48. The summed E-state index contributed by atoms with van der Waals surface area (Å²) in [6, 6.07) is 9.22. The van der Waals surface area contributed by atoms with Crippen LogP contribution in [-0.2, 0) is 24.1 Å². The van der Waals surface area contributed by atoms with Crippen LogP contribution in [0.5, 0.6) is 0 Å². The zero-order valence-electron chi connectivity index (χ0n) is 21.1. The molecular weight excluding hydrogens is 499 g/mol. The number of halogens is 3. The van der Waals surface area contributed by atoms with Crippen molar-refractivity contribution >= 4 is 17.2 Å². The van der Waals surface area contributed by atoms with Crippen LogP contribution in [-0.4, -0.2) is 52.7 Å². The lowest BCUT2D eigenvalue weighted by Gasteiger charge is -2.34. The maximum Gasteiger partial charge on any atom is 0.435 e. The summed E-state index contributed by atoms with van der Waals surface area (Å²) in [6.45, 7) is 5.16. The van der Waals surface area contributed by atoms with Crippen molar-refractivity contribution in [2.75, 3.05) is 27.2 Å². The van der Waals surface area contributed by atoms with Crippen molar-refractivity contribution in [3.8, 4) is 17.2 Å². The molecular formula is C27H28F3N5OS. The third-order valence-corrected chi connectivity index (χ3v) is 7.68. The van der Waals surface area contributed by atoms with E-state index in [1.165, 1.54) is 28.3 Å². The van der Waals surface area contributed by atoms with Crippen molar-refractivity contribution < 1.29 is 18.0 Å². The van der Waals surface area contributed by atoms with Gasteiger partial charge in [0.2, 0.25) is 5.91 Å². The number of hydrogen-bond donors (Lipinski definition) is 0. The molecule has 1 atom stereocenters. The number of likely N-dealkylation sites (N-methyl/N-ethyl adjacent to an activating group) is 1. The van der Waals surface area contributed by atoms with Crippen LogP contribution in [0, 0.1) is 18.3 Å². The van der Waals surface area contributed by atoms with Crippen molar-refractivity contribution in [1.29, 1.82) is 5.26 Å². The molecule has 0 bridgehead atoms. The molecule has 3 aromatic rings. The zero-order chi connectivity index (χ0) is 26.9. The number of amides is 1. The first kappa shape index (κ1) is 26.6. The Labute approximate surface area is 218 Å². The number of benzene rings is 1. The van der Waals surface area contributed by atoms with Crippen molar-refractivity contribution in [1.82, 2.24) is 19.6 Å². The number of carbonyl (C=O) groups excluding carboxylic acids is 1. The van der Waals surface area contributed by atoms with Gasteiger partial charge >= 0.3 is 6.18 Å². The Morgan fingerprint density at radius 1 is 1.30 bits per heavy atom. The maximum atomic E-state index is 14.0. The van der Waals surface area contributed by atoms with Crippen molar-refractivity contribution in [2.24, 2.45) is 0 Å². The average molecular weight is 528 g/mol. The summed E-state index contributed by atoms with van der Waals surface area (Å²) in [6.07, 6.45) is 0.133. The van der Waals surface area contributed by atoms with E-state index in [0.29, 0.717) is 42.2 Å². The van der Waals surface area contributed by atoms with Gasteiger partial charge in [-0.25, -0.2) is 0 Å². The quantitative estimate of drug-likeness (QED) is 0.402. The molecule has 1 aliphatic heterocycles. The van der Waals surface area contributed by atoms with Gasteiger partial charge in [-0.2, -0.15) is 23.5 Å². The van der Waals surface area contributed by atoms with Crippen LogP contribution in [0.3, 0.4) is 0 Å². The van der Waals surface area contributed by atoms with E-state index in [4.69, 9.17) is 0 Å². The van der Waals surface area contributed by atoms with E-state index in [1.807, 2.05) is 32.0 Å². The predicted molar refractivity (Wildman–Crippen MR) is 137 cm³/mol. The molecule has 0 radical (unpaired) electrons. The number of rotatable bonds is 6. The number of hydrogen-bond acceptors (Lipinski definition) is 5. The molecule has 4 rings (SSSR count). The van der Waals surface area contributed by atoms with Crippen LogP contribution in [0.15, 0.2) is 42.6 Å². The highest BCUT2D eigenvalue weighted by Gasteiger charge is 2.39. The molecule has 0 saturated carbocycles. The summed E-state index contributed by atoms with van der Waals surface area (Å²) in [4.78, 5) is 18.2. The molecule has 6 nitrogen and oxygen atoms in total. The molecule has 0 fully saturated rings. The summed E-state index contributed by atoms with van der Waals surface area (Å²) < 4.78 is 43.2. The van der Waals surface area contributed by atoms with E-state index < -0.39 is 17.8 Å². The lowest BCUT2D eigenvalue weighted by atomic mass is 9.82. The van der Waals surface area contributed by atoms with E-state index in [0.717, 1.165) is 16.0 Å². The Bertz CT molecular complexity index is 1380. The van der Waals surface area contributed by atoms with Gasteiger partial charge in [-0.15, -0.1) is 11.3 Å². The zero-order valence-corrected chi connectivity index (χ0v) is 22.0. The van der Waals surface area contributed by atoms with Gasteiger partial charge in [0.25, 0.3) is 0 Å². The summed E-state index contributed by atoms with van der Waals surface area (Å²) in [7, 11) is 3.81. The largest absolute Gasteiger partial charge is 0.435 e.